The summed E-state index contributed by atoms with van der Waals surface area (Å²) in [6.07, 6.45) is 6.80. The predicted molar refractivity (Wildman–Crippen MR) is 87.6 cm³/mol. The Bertz CT molecular complexity index is 616. The third-order valence-electron chi connectivity index (χ3n) is 3.22. The summed E-state index contributed by atoms with van der Waals surface area (Å²) in [4.78, 5) is 29.4. The van der Waals surface area contributed by atoms with Crippen molar-refractivity contribution in [1.82, 2.24) is 9.88 Å². The minimum Gasteiger partial charge on any atom is -0.548 e. The topological polar surface area (TPSA) is 73.3 Å². The molecule has 0 saturated carbocycles. The van der Waals surface area contributed by atoms with E-state index in [0.29, 0.717) is 17.7 Å². The summed E-state index contributed by atoms with van der Waals surface area (Å²) in [6, 6.07) is 2.57. The van der Waals surface area contributed by atoms with Crippen molar-refractivity contribution in [2.45, 2.75) is 32.2 Å². The van der Waals surface area contributed by atoms with Crippen LogP contribution in [0.2, 0.25) is 0 Å². The Morgan fingerprint density at radius 1 is 1.59 bits per heavy atom. The van der Waals surface area contributed by atoms with Crippen molar-refractivity contribution in [2.75, 3.05) is 0 Å². The highest BCUT2D eigenvalue weighted by atomic mass is 32.2. The molecule has 1 aliphatic rings. The van der Waals surface area contributed by atoms with Gasteiger partial charge in [0.2, 0.25) is 0 Å². The van der Waals surface area contributed by atoms with Gasteiger partial charge in [-0.05, 0) is 24.1 Å². The quantitative estimate of drug-likeness (QED) is 0.581. The number of hydrogen-bond acceptors (Lipinski definition) is 6. The number of carbonyl (C=O) groups excluding carboxylic acids is 2. The highest BCUT2D eigenvalue weighted by Crippen LogP contribution is 2.34. The first-order valence-corrected chi connectivity index (χ1v) is 8.15. The third-order valence-corrected chi connectivity index (χ3v) is 4.55. The molecule has 1 fully saturated rings. The van der Waals surface area contributed by atoms with Gasteiger partial charge in [0.1, 0.15) is 4.32 Å². The van der Waals surface area contributed by atoms with Gasteiger partial charge in [0.05, 0.1) is 16.9 Å². The third kappa shape index (κ3) is 3.72. The Balaban J connectivity index is 2.24. The molecular formula is C15H15N2O3S2-. The second-order valence-corrected chi connectivity index (χ2v) is 6.49. The van der Waals surface area contributed by atoms with Gasteiger partial charge in [-0.25, -0.2) is 0 Å². The number of thiocarbonyl (C=S) groups is 1. The van der Waals surface area contributed by atoms with Crippen LogP contribution in [0.15, 0.2) is 29.4 Å². The van der Waals surface area contributed by atoms with Crippen molar-refractivity contribution < 1.29 is 14.7 Å². The number of aromatic nitrogens is 1. The van der Waals surface area contributed by atoms with E-state index in [1.54, 1.807) is 24.5 Å². The number of carboxylic acid groups (broad SMARTS) is 1. The maximum absolute atomic E-state index is 12.5. The van der Waals surface area contributed by atoms with Gasteiger partial charge in [-0.15, -0.1) is 0 Å². The SMILES string of the molecule is CCCC[C@H](C(=O)[O-])N1C(=O)/C(=C/c2cccnc2)SC1=S. The fourth-order valence-corrected chi connectivity index (χ4v) is 3.47. The van der Waals surface area contributed by atoms with E-state index < -0.39 is 12.0 Å². The van der Waals surface area contributed by atoms with Crippen LogP contribution in [0.1, 0.15) is 31.7 Å². The van der Waals surface area contributed by atoms with Crippen LogP contribution in [-0.4, -0.2) is 32.1 Å². The van der Waals surface area contributed by atoms with Crippen LogP contribution < -0.4 is 5.11 Å². The predicted octanol–water partition coefficient (Wildman–Crippen LogP) is 1.59. The van der Waals surface area contributed by atoms with Gasteiger partial charge < -0.3 is 9.90 Å². The zero-order chi connectivity index (χ0) is 16.1. The molecule has 1 saturated heterocycles. The molecule has 1 atom stereocenters. The minimum absolute atomic E-state index is 0.255. The lowest BCUT2D eigenvalue weighted by Crippen LogP contribution is -2.49. The lowest BCUT2D eigenvalue weighted by molar-refractivity contribution is -0.310. The Morgan fingerprint density at radius 3 is 2.95 bits per heavy atom. The number of thioether (sulfide) groups is 1. The molecule has 2 rings (SSSR count). The van der Waals surface area contributed by atoms with E-state index in [9.17, 15) is 14.7 Å². The average Bonchev–Trinajstić information content (AvgIpc) is 2.76. The van der Waals surface area contributed by atoms with E-state index in [2.05, 4.69) is 4.98 Å². The van der Waals surface area contributed by atoms with Crippen LogP contribution in [0.4, 0.5) is 0 Å². The van der Waals surface area contributed by atoms with Crippen LogP contribution in [0.25, 0.3) is 6.08 Å². The molecule has 7 heteroatoms. The number of rotatable bonds is 6. The number of pyridine rings is 1. The van der Waals surface area contributed by atoms with E-state index in [0.717, 1.165) is 28.6 Å². The molecule has 1 aromatic heterocycles. The minimum atomic E-state index is -1.27. The summed E-state index contributed by atoms with van der Waals surface area (Å²) in [5.74, 6) is -1.66. The number of carbonyl (C=O) groups is 2. The molecule has 5 nitrogen and oxygen atoms in total. The number of carboxylic acids is 1. The first-order valence-electron chi connectivity index (χ1n) is 6.92. The maximum atomic E-state index is 12.5. The van der Waals surface area contributed by atoms with Crippen molar-refractivity contribution in [2.24, 2.45) is 0 Å². The summed E-state index contributed by atoms with van der Waals surface area (Å²) in [5.41, 5.74) is 0.765. The van der Waals surface area contributed by atoms with Crippen LogP contribution in [0.3, 0.4) is 0 Å². The van der Waals surface area contributed by atoms with Gasteiger partial charge in [0.25, 0.3) is 5.91 Å². The van der Waals surface area contributed by atoms with Crippen molar-refractivity contribution in [1.29, 1.82) is 0 Å². The van der Waals surface area contributed by atoms with Gasteiger partial charge in [-0.3, -0.25) is 14.7 Å². The van der Waals surface area contributed by atoms with E-state index in [-0.39, 0.29) is 10.2 Å². The Morgan fingerprint density at radius 2 is 2.36 bits per heavy atom. The molecule has 0 aromatic carbocycles. The van der Waals surface area contributed by atoms with Crippen molar-refractivity contribution in [3.63, 3.8) is 0 Å². The van der Waals surface area contributed by atoms with E-state index in [1.165, 1.54) is 0 Å². The summed E-state index contributed by atoms with van der Waals surface area (Å²) >= 11 is 6.28. The van der Waals surface area contributed by atoms with E-state index in [1.807, 2.05) is 13.0 Å². The van der Waals surface area contributed by atoms with Crippen molar-refractivity contribution in [3.8, 4) is 0 Å². The molecule has 1 aromatic rings. The molecule has 0 radical (unpaired) electrons. The summed E-state index contributed by atoms with van der Waals surface area (Å²) in [6.45, 7) is 1.96. The van der Waals surface area contributed by atoms with Crippen LogP contribution in [0, 0.1) is 0 Å². The molecule has 0 unspecified atom stereocenters. The van der Waals surface area contributed by atoms with E-state index >= 15 is 0 Å². The molecule has 0 N–H and O–H groups in total. The largest absolute Gasteiger partial charge is 0.548 e. The second kappa shape index (κ2) is 7.51. The van der Waals surface area contributed by atoms with Crippen molar-refractivity contribution in [3.05, 3.63) is 35.0 Å². The molecule has 22 heavy (non-hydrogen) atoms. The smallest absolute Gasteiger partial charge is 0.266 e. The van der Waals surface area contributed by atoms with Crippen LogP contribution >= 0.6 is 24.0 Å². The number of aliphatic carboxylic acids is 1. The zero-order valence-corrected chi connectivity index (χ0v) is 13.7. The lowest BCUT2D eigenvalue weighted by Gasteiger charge is -2.27. The normalized spacial score (nSPS) is 18.0. The first kappa shape index (κ1) is 16.6. The fourth-order valence-electron chi connectivity index (χ4n) is 2.11. The number of unbranched alkanes of at least 4 members (excludes halogenated alkanes) is 1. The molecular weight excluding hydrogens is 320 g/mol. The fraction of sp³-hybridized carbons (Fsp3) is 0.333. The number of nitrogens with zero attached hydrogens (tertiary/aromatic N) is 2. The Kier molecular flexibility index (Phi) is 5.68. The highest BCUT2D eigenvalue weighted by molar-refractivity contribution is 8.26. The molecule has 1 aliphatic heterocycles. The van der Waals surface area contributed by atoms with Crippen LogP contribution in [-0.2, 0) is 9.59 Å². The summed E-state index contributed by atoms with van der Waals surface area (Å²) < 4.78 is 0.255. The second-order valence-electron chi connectivity index (χ2n) is 4.82. The molecule has 1 amide bonds. The molecule has 0 spiro atoms. The lowest BCUT2D eigenvalue weighted by atomic mass is 10.1. The summed E-state index contributed by atoms with van der Waals surface area (Å²) in [5, 5.41) is 11.3. The molecule has 116 valence electrons. The first-order chi connectivity index (χ1) is 10.5. The molecule has 0 aliphatic carbocycles. The van der Waals surface area contributed by atoms with Gasteiger partial charge in [0, 0.05) is 12.4 Å². The van der Waals surface area contributed by atoms with Crippen LogP contribution in [0.5, 0.6) is 0 Å². The highest BCUT2D eigenvalue weighted by Gasteiger charge is 2.37. The standard InChI is InChI=1S/C15H16N2O3S2/c1-2-3-6-11(14(19)20)17-13(18)12(22-15(17)21)8-10-5-4-7-16-9-10/h4-5,7-9,11H,2-3,6H2,1H3,(H,19,20)/p-1/b12-8-/t11-/m1/s1. The van der Waals surface area contributed by atoms with E-state index in [4.69, 9.17) is 12.2 Å². The summed E-state index contributed by atoms with van der Waals surface area (Å²) in [7, 11) is 0. The number of hydrogen-bond donors (Lipinski definition) is 0. The van der Waals surface area contributed by atoms with Gasteiger partial charge in [-0.1, -0.05) is 49.8 Å². The Labute approximate surface area is 138 Å². The number of amides is 1. The average molecular weight is 335 g/mol. The Hall–Kier alpha value is -1.73. The zero-order valence-electron chi connectivity index (χ0n) is 12.0. The van der Waals surface area contributed by atoms with Gasteiger partial charge >= 0.3 is 0 Å². The molecule has 2 heterocycles. The molecule has 0 bridgehead atoms. The monoisotopic (exact) mass is 335 g/mol. The van der Waals surface area contributed by atoms with Gasteiger partial charge in [-0.2, -0.15) is 0 Å². The van der Waals surface area contributed by atoms with Crippen molar-refractivity contribution >= 4 is 46.3 Å². The maximum Gasteiger partial charge on any atom is 0.266 e. The van der Waals surface area contributed by atoms with Gasteiger partial charge in [0.15, 0.2) is 0 Å².